The van der Waals surface area contributed by atoms with Crippen molar-refractivity contribution in [1.82, 2.24) is 0 Å². The smallest absolute Gasteiger partial charge is 0.186 e. The molecule has 0 unspecified atom stereocenters. The van der Waals surface area contributed by atoms with Gasteiger partial charge in [-0.1, -0.05) is 36.4 Å². The van der Waals surface area contributed by atoms with Crippen molar-refractivity contribution in [3.63, 3.8) is 0 Å². The third kappa shape index (κ3) is 4.98. The molecule has 0 aliphatic heterocycles. The second-order valence-electron chi connectivity index (χ2n) is 5.96. The van der Waals surface area contributed by atoms with Gasteiger partial charge in [0.2, 0.25) is 0 Å². The van der Waals surface area contributed by atoms with Crippen LogP contribution in [0, 0.1) is 10.4 Å². The number of ketones is 2. The SMILES string of the molecule is O=C(/C=C/c1ccc(/C=C/C(=O)c2cc[n+]([O-])cc2)cc1)c1cc[n+]([O-])cc1. The number of allylic oxidation sites excluding steroid dienone is 2. The molecule has 28 heavy (non-hydrogen) atoms. The lowest BCUT2D eigenvalue weighted by atomic mass is 10.1. The maximum Gasteiger partial charge on any atom is 0.186 e. The molecule has 0 aliphatic carbocycles. The molecule has 0 atom stereocenters. The van der Waals surface area contributed by atoms with Gasteiger partial charge in [0.05, 0.1) is 0 Å². The van der Waals surface area contributed by atoms with Crippen LogP contribution in [0.2, 0.25) is 0 Å². The molecule has 0 fully saturated rings. The standard InChI is InChI=1S/C22H16N2O4/c25-21(19-9-13-23(27)14-10-19)7-5-17-1-2-18(4-3-17)6-8-22(26)20-11-15-24(28)16-12-20/h1-16H/b7-5+,8-6+. The van der Waals surface area contributed by atoms with Gasteiger partial charge in [0.25, 0.3) is 0 Å². The molecule has 0 aliphatic rings. The first-order valence-corrected chi connectivity index (χ1v) is 8.44. The first kappa shape index (κ1) is 18.7. The van der Waals surface area contributed by atoms with Crippen LogP contribution in [0.5, 0.6) is 0 Å². The highest BCUT2D eigenvalue weighted by atomic mass is 16.5. The third-order valence-electron chi connectivity index (χ3n) is 3.96. The van der Waals surface area contributed by atoms with Crippen LogP contribution in [0.3, 0.4) is 0 Å². The van der Waals surface area contributed by atoms with Crippen molar-refractivity contribution in [3.05, 3.63) is 118 Å². The zero-order chi connectivity index (χ0) is 19.9. The second-order valence-corrected chi connectivity index (χ2v) is 5.96. The minimum atomic E-state index is -0.197. The summed E-state index contributed by atoms with van der Waals surface area (Å²) in [5.41, 5.74) is 2.53. The molecule has 3 aromatic rings. The maximum absolute atomic E-state index is 12.1. The number of carbonyl (C=O) groups is 2. The van der Waals surface area contributed by atoms with Crippen LogP contribution in [-0.2, 0) is 0 Å². The van der Waals surface area contributed by atoms with E-state index < -0.39 is 0 Å². The topological polar surface area (TPSA) is 88.0 Å². The quantitative estimate of drug-likeness (QED) is 0.288. The Kier molecular flexibility index (Phi) is 5.72. The van der Waals surface area contributed by atoms with E-state index in [2.05, 4.69) is 0 Å². The molecule has 138 valence electrons. The Balaban J connectivity index is 1.62. The van der Waals surface area contributed by atoms with Gasteiger partial charge in [-0.15, -0.1) is 0 Å². The zero-order valence-electron chi connectivity index (χ0n) is 14.8. The molecule has 0 bridgehead atoms. The lowest BCUT2D eigenvalue weighted by molar-refractivity contribution is -0.605. The number of benzene rings is 1. The number of rotatable bonds is 6. The number of pyridine rings is 2. The van der Waals surface area contributed by atoms with E-state index in [-0.39, 0.29) is 11.6 Å². The first-order chi connectivity index (χ1) is 13.5. The molecule has 2 heterocycles. The third-order valence-corrected chi connectivity index (χ3v) is 3.96. The molecule has 0 saturated heterocycles. The average Bonchev–Trinajstić information content (AvgIpc) is 2.72. The zero-order valence-corrected chi connectivity index (χ0v) is 14.8. The van der Waals surface area contributed by atoms with Crippen molar-refractivity contribution in [1.29, 1.82) is 0 Å². The first-order valence-electron chi connectivity index (χ1n) is 8.44. The van der Waals surface area contributed by atoms with Gasteiger partial charge in [0, 0.05) is 35.4 Å². The molecular weight excluding hydrogens is 356 g/mol. The van der Waals surface area contributed by atoms with Gasteiger partial charge in [-0.05, 0) is 23.3 Å². The van der Waals surface area contributed by atoms with Crippen molar-refractivity contribution < 1.29 is 19.0 Å². The highest BCUT2D eigenvalue weighted by Gasteiger charge is 2.04. The van der Waals surface area contributed by atoms with Gasteiger partial charge in [-0.3, -0.25) is 9.59 Å². The van der Waals surface area contributed by atoms with E-state index in [4.69, 9.17) is 0 Å². The summed E-state index contributed by atoms with van der Waals surface area (Å²) in [5.74, 6) is -0.394. The fourth-order valence-corrected chi connectivity index (χ4v) is 2.41. The summed E-state index contributed by atoms with van der Waals surface area (Å²) in [6, 6.07) is 13.2. The molecule has 1 aromatic carbocycles. The lowest BCUT2D eigenvalue weighted by Gasteiger charge is -1.98. The van der Waals surface area contributed by atoms with Crippen LogP contribution in [0.1, 0.15) is 31.8 Å². The Morgan fingerprint density at radius 2 is 0.929 bits per heavy atom. The van der Waals surface area contributed by atoms with Gasteiger partial charge >= 0.3 is 0 Å². The van der Waals surface area contributed by atoms with E-state index in [1.165, 1.54) is 61.2 Å². The Labute approximate surface area is 161 Å². The molecular formula is C22H16N2O4. The molecule has 0 spiro atoms. The monoisotopic (exact) mass is 372 g/mol. The molecule has 0 radical (unpaired) electrons. The van der Waals surface area contributed by atoms with Gasteiger partial charge in [-0.25, -0.2) is 0 Å². The summed E-state index contributed by atoms with van der Waals surface area (Å²) < 4.78 is 1.24. The van der Waals surface area contributed by atoms with Gasteiger partial charge in [0.15, 0.2) is 36.4 Å². The summed E-state index contributed by atoms with van der Waals surface area (Å²) in [7, 11) is 0. The molecule has 0 amide bonds. The van der Waals surface area contributed by atoms with E-state index in [0.717, 1.165) is 11.1 Å². The number of carbonyl (C=O) groups excluding carboxylic acids is 2. The highest BCUT2D eigenvalue weighted by Crippen LogP contribution is 2.10. The van der Waals surface area contributed by atoms with Crippen LogP contribution < -0.4 is 9.46 Å². The predicted octanol–water partition coefficient (Wildman–Crippen LogP) is 2.75. The Hall–Kier alpha value is -4.06. The maximum atomic E-state index is 12.1. The fraction of sp³-hybridized carbons (Fsp3) is 0. The fourth-order valence-electron chi connectivity index (χ4n) is 2.41. The number of nitrogens with zero attached hydrogens (tertiary/aromatic N) is 2. The summed E-state index contributed by atoms with van der Waals surface area (Å²) >= 11 is 0. The van der Waals surface area contributed by atoms with Crippen molar-refractivity contribution in [3.8, 4) is 0 Å². The minimum Gasteiger partial charge on any atom is -0.619 e. The van der Waals surface area contributed by atoms with Crippen LogP contribution in [0.4, 0.5) is 0 Å². The van der Waals surface area contributed by atoms with Crippen LogP contribution in [0.15, 0.2) is 85.5 Å². The normalized spacial score (nSPS) is 11.1. The number of aromatic nitrogens is 2. The summed E-state index contributed by atoms with van der Waals surface area (Å²) in [5, 5.41) is 22.0. The van der Waals surface area contributed by atoms with E-state index in [9.17, 15) is 20.0 Å². The molecule has 6 nitrogen and oxygen atoms in total. The second kappa shape index (κ2) is 8.55. The summed E-state index contributed by atoms with van der Waals surface area (Å²) in [4.78, 5) is 24.1. The molecule has 6 heteroatoms. The van der Waals surface area contributed by atoms with E-state index >= 15 is 0 Å². The van der Waals surface area contributed by atoms with E-state index in [0.29, 0.717) is 20.6 Å². The van der Waals surface area contributed by atoms with Crippen LogP contribution in [0.25, 0.3) is 12.2 Å². The largest absolute Gasteiger partial charge is 0.619 e. The average molecular weight is 372 g/mol. The van der Waals surface area contributed by atoms with E-state index in [1.807, 2.05) is 24.3 Å². The highest BCUT2D eigenvalue weighted by molar-refractivity contribution is 6.07. The van der Waals surface area contributed by atoms with Crippen molar-refractivity contribution in [2.45, 2.75) is 0 Å². The Morgan fingerprint density at radius 1 is 0.607 bits per heavy atom. The molecule has 3 rings (SSSR count). The van der Waals surface area contributed by atoms with Crippen molar-refractivity contribution in [2.75, 3.05) is 0 Å². The number of hydrogen-bond acceptors (Lipinski definition) is 4. The lowest BCUT2D eigenvalue weighted by Crippen LogP contribution is -2.24. The van der Waals surface area contributed by atoms with E-state index in [1.54, 1.807) is 12.2 Å². The Bertz CT molecular complexity index is 949. The number of hydrogen-bond donors (Lipinski definition) is 0. The van der Waals surface area contributed by atoms with Crippen LogP contribution >= 0.6 is 0 Å². The van der Waals surface area contributed by atoms with Crippen LogP contribution in [-0.4, -0.2) is 11.6 Å². The van der Waals surface area contributed by atoms with Crippen molar-refractivity contribution >= 4 is 23.7 Å². The molecule has 0 N–H and O–H groups in total. The minimum absolute atomic E-state index is 0.197. The van der Waals surface area contributed by atoms with Gasteiger partial charge < -0.3 is 10.4 Å². The summed E-state index contributed by atoms with van der Waals surface area (Å²) in [6.07, 6.45) is 11.3. The van der Waals surface area contributed by atoms with Gasteiger partial charge in [0.1, 0.15) is 0 Å². The molecule has 0 saturated carbocycles. The van der Waals surface area contributed by atoms with Crippen molar-refractivity contribution in [2.24, 2.45) is 0 Å². The van der Waals surface area contributed by atoms with Gasteiger partial charge in [-0.2, -0.15) is 9.46 Å². The summed E-state index contributed by atoms with van der Waals surface area (Å²) in [6.45, 7) is 0. The molecule has 2 aromatic heterocycles. The predicted molar refractivity (Wildman–Crippen MR) is 104 cm³/mol. The Morgan fingerprint density at radius 3 is 1.25 bits per heavy atom.